The summed E-state index contributed by atoms with van der Waals surface area (Å²) >= 11 is 0. The van der Waals surface area contributed by atoms with Crippen LogP contribution in [0.3, 0.4) is 0 Å². The fourth-order valence-corrected chi connectivity index (χ4v) is 2.75. The zero-order valence-electron chi connectivity index (χ0n) is 11.2. The normalized spacial score (nSPS) is 23.5. The predicted molar refractivity (Wildman–Crippen MR) is 72.4 cm³/mol. The van der Waals surface area contributed by atoms with Gasteiger partial charge in [-0.2, -0.15) is 0 Å². The van der Waals surface area contributed by atoms with Gasteiger partial charge >= 0.3 is 5.97 Å². The van der Waals surface area contributed by atoms with Crippen molar-refractivity contribution in [3.05, 3.63) is 35.8 Å². The van der Waals surface area contributed by atoms with Gasteiger partial charge in [-0.3, -0.25) is 9.69 Å². The molecule has 0 bridgehead atoms. The van der Waals surface area contributed by atoms with E-state index in [0.717, 1.165) is 16.9 Å². The molecule has 2 atom stereocenters. The highest BCUT2D eigenvalue weighted by Crippen LogP contribution is 2.21. The Morgan fingerprint density at radius 2 is 2.25 bits per heavy atom. The van der Waals surface area contributed by atoms with Gasteiger partial charge in [0.15, 0.2) is 0 Å². The van der Waals surface area contributed by atoms with Crippen molar-refractivity contribution >= 4 is 11.6 Å². The number of nitrogens with zero attached hydrogens (tertiary/aromatic N) is 3. The quantitative estimate of drug-likeness (QED) is 0.860. The lowest BCUT2D eigenvalue weighted by Crippen LogP contribution is -2.35. The minimum atomic E-state index is -0.888. The first-order valence-electron chi connectivity index (χ1n) is 6.62. The summed E-state index contributed by atoms with van der Waals surface area (Å²) in [5.74, 6) is -0.888. The van der Waals surface area contributed by atoms with Crippen molar-refractivity contribution in [1.82, 2.24) is 14.3 Å². The fourth-order valence-electron chi connectivity index (χ4n) is 2.75. The summed E-state index contributed by atoms with van der Waals surface area (Å²) in [5.41, 5.74) is 2.80. The number of hydrogen-bond donors (Lipinski definition) is 2. The number of aliphatic hydroxyl groups excluding tert-OH is 1. The highest BCUT2D eigenvalue weighted by atomic mass is 16.4. The van der Waals surface area contributed by atoms with Gasteiger partial charge in [-0.1, -0.05) is 6.07 Å². The molecule has 0 aromatic carbocycles. The maximum absolute atomic E-state index is 11.2. The second kappa shape index (κ2) is 4.88. The van der Waals surface area contributed by atoms with E-state index in [9.17, 15) is 15.0 Å². The average molecular weight is 275 g/mol. The van der Waals surface area contributed by atoms with E-state index in [1.54, 1.807) is 4.90 Å². The largest absolute Gasteiger partial charge is 0.480 e. The standard InChI is InChI=1S/C14H17N3O3/c1-9-2-3-13-15-10(7-17(13)5-9)6-16-8-11(18)4-12(16)14(19)20/h2-3,5,7,11-12,18H,4,6,8H2,1H3,(H,19,20). The Balaban J connectivity index is 1.83. The molecule has 6 heteroatoms. The lowest BCUT2D eigenvalue weighted by atomic mass is 10.2. The van der Waals surface area contributed by atoms with E-state index in [0.29, 0.717) is 13.1 Å². The number of imidazole rings is 1. The van der Waals surface area contributed by atoms with Gasteiger partial charge < -0.3 is 14.6 Å². The smallest absolute Gasteiger partial charge is 0.321 e. The van der Waals surface area contributed by atoms with E-state index in [1.165, 1.54) is 0 Å². The third-order valence-electron chi connectivity index (χ3n) is 3.68. The number of carboxylic acid groups (broad SMARTS) is 1. The number of hydrogen-bond acceptors (Lipinski definition) is 4. The highest BCUT2D eigenvalue weighted by Gasteiger charge is 2.36. The van der Waals surface area contributed by atoms with Gasteiger partial charge in [-0.05, 0) is 18.6 Å². The Kier molecular flexibility index (Phi) is 3.19. The van der Waals surface area contributed by atoms with Crippen molar-refractivity contribution in [3.63, 3.8) is 0 Å². The molecule has 1 fully saturated rings. The number of carbonyl (C=O) groups is 1. The third kappa shape index (κ3) is 2.39. The first-order valence-corrected chi connectivity index (χ1v) is 6.62. The minimum absolute atomic E-state index is 0.280. The van der Waals surface area contributed by atoms with Gasteiger partial charge in [-0.15, -0.1) is 0 Å². The minimum Gasteiger partial charge on any atom is -0.480 e. The Morgan fingerprint density at radius 3 is 3.00 bits per heavy atom. The predicted octanol–water partition coefficient (Wildman–Crippen LogP) is 0.663. The Labute approximate surface area is 116 Å². The van der Waals surface area contributed by atoms with Gasteiger partial charge in [-0.25, -0.2) is 4.98 Å². The van der Waals surface area contributed by atoms with Crippen LogP contribution in [0, 0.1) is 6.92 Å². The summed E-state index contributed by atoms with van der Waals surface area (Å²) in [6.45, 7) is 2.83. The molecular weight excluding hydrogens is 258 g/mol. The number of aliphatic carboxylic acids is 1. The highest BCUT2D eigenvalue weighted by molar-refractivity contribution is 5.74. The van der Waals surface area contributed by atoms with Gasteiger partial charge in [0.05, 0.1) is 11.8 Å². The summed E-state index contributed by atoms with van der Waals surface area (Å²) in [7, 11) is 0. The van der Waals surface area contributed by atoms with Crippen LogP contribution in [-0.4, -0.2) is 49.2 Å². The van der Waals surface area contributed by atoms with E-state index in [-0.39, 0.29) is 6.42 Å². The zero-order chi connectivity index (χ0) is 14.3. The van der Waals surface area contributed by atoms with Crippen molar-refractivity contribution in [1.29, 1.82) is 0 Å². The number of aryl methyl sites for hydroxylation is 1. The molecule has 2 aromatic rings. The molecule has 20 heavy (non-hydrogen) atoms. The van der Waals surface area contributed by atoms with E-state index in [2.05, 4.69) is 4.98 Å². The molecular formula is C14H17N3O3. The van der Waals surface area contributed by atoms with Crippen LogP contribution in [0.1, 0.15) is 17.7 Å². The van der Waals surface area contributed by atoms with Crippen LogP contribution in [0.4, 0.5) is 0 Å². The van der Waals surface area contributed by atoms with E-state index in [1.807, 2.05) is 35.9 Å². The molecule has 0 radical (unpaired) electrons. The molecule has 1 aliphatic heterocycles. The van der Waals surface area contributed by atoms with Crippen LogP contribution in [-0.2, 0) is 11.3 Å². The van der Waals surface area contributed by atoms with Gasteiger partial charge in [0.2, 0.25) is 0 Å². The van der Waals surface area contributed by atoms with E-state index in [4.69, 9.17) is 0 Å². The molecule has 0 amide bonds. The molecule has 6 nitrogen and oxygen atoms in total. The summed E-state index contributed by atoms with van der Waals surface area (Å²) in [6.07, 6.45) is 3.60. The van der Waals surface area contributed by atoms with Crippen molar-refractivity contribution in [3.8, 4) is 0 Å². The lowest BCUT2D eigenvalue weighted by Gasteiger charge is -2.19. The second-order valence-corrected chi connectivity index (χ2v) is 5.38. The lowest BCUT2D eigenvalue weighted by molar-refractivity contribution is -0.142. The third-order valence-corrected chi connectivity index (χ3v) is 3.68. The van der Waals surface area contributed by atoms with Crippen LogP contribution in [0.25, 0.3) is 5.65 Å². The number of aliphatic hydroxyl groups is 1. The van der Waals surface area contributed by atoms with Crippen molar-refractivity contribution in [2.24, 2.45) is 0 Å². The molecule has 2 unspecified atom stereocenters. The zero-order valence-corrected chi connectivity index (χ0v) is 11.2. The number of β-amino-alcohol motifs (C(OH)–C–C–N with tert-alkyl or cyclic N) is 1. The number of fused-ring (bicyclic) bond motifs is 1. The summed E-state index contributed by atoms with van der Waals surface area (Å²) in [4.78, 5) is 17.4. The van der Waals surface area contributed by atoms with Gasteiger partial charge in [0, 0.05) is 31.9 Å². The molecule has 1 aliphatic rings. The maximum Gasteiger partial charge on any atom is 0.321 e. The topological polar surface area (TPSA) is 78.1 Å². The maximum atomic E-state index is 11.2. The Morgan fingerprint density at radius 1 is 1.45 bits per heavy atom. The monoisotopic (exact) mass is 275 g/mol. The second-order valence-electron chi connectivity index (χ2n) is 5.38. The van der Waals surface area contributed by atoms with Crippen molar-refractivity contribution < 1.29 is 15.0 Å². The van der Waals surface area contributed by atoms with Crippen LogP contribution in [0.5, 0.6) is 0 Å². The summed E-state index contributed by atoms with van der Waals surface area (Å²) in [5, 5.41) is 18.8. The molecule has 0 aliphatic carbocycles. The number of aromatic nitrogens is 2. The van der Waals surface area contributed by atoms with E-state index < -0.39 is 18.1 Å². The molecule has 1 saturated heterocycles. The van der Waals surface area contributed by atoms with Crippen LogP contribution in [0.2, 0.25) is 0 Å². The van der Waals surface area contributed by atoms with Crippen LogP contribution in [0.15, 0.2) is 24.5 Å². The van der Waals surface area contributed by atoms with Crippen LogP contribution < -0.4 is 0 Å². The summed E-state index contributed by atoms with van der Waals surface area (Å²) in [6, 6.07) is 3.30. The molecule has 3 rings (SSSR count). The Hall–Kier alpha value is -1.92. The molecule has 3 heterocycles. The average Bonchev–Trinajstić information content (AvgIpc) is 2.92. The number of carboxylic acids is 1. The fraction of sp³-hybridized carbons (Fsp3) is 0.429. The number of pyridine rings is 1. The van der Waals surface area contributed by atoms with E-state index >= 15 is 0 Å². The SMILES string of the molecule is Cc1ccc2nc(CN3CC(O)CC3C(=O)O)cn2c1. The summed E-state index contributed by atoms with van der Waals surface area (Å²) < 4.78 is 1.94. The molecule has 0 saturated carbocycles. The number of likely N-dealkylation sites (tertiary alicyclic amines) is 1. The molecule has 0 spiro atoms. The van der Waals surface area contributed by atoms with Crippen LogP contribution >= 0.6 is 0 Å². The first kappa shape index (κ1) is 13.1. The Bertz CT molecular complexity index is 652. The van der Waals surface area contributed by atoms with Gasteiger partial charge in [0.25, 0.3) is 0 Å². The first-order chi connectivity index (χ1) is 9.52. The number of rotatable bonds is 3. The molecule has 106 valence electrons. The van der Waals surface area contributed by atoms with Crippen molar-refractivity contribution in [2.45, 2.75) is 32.0 Å². The van der Waals surface area contributed by atoms with Gasteiger partial charge in [0.1, 0.15) is 11.7 Å². The molecule has 2 aromatic heterocycles. The van der Waals surface area contributed by atoms with Crippen molar-refractivity contribution in [2.75, 3.05) is 6.54 Å². The molecule has 2 N–H and O–H groups in total.